The fraction of sp³-hybridized carbons (Fsp3) is 0.167. The first-order valence-corrected chi connectivity index (χ1v) is 5.97. The SMILES string of the molecule is NCc1ccnnc1OCc1ccccc1Br. The molecule has 2 N–H and O–H groups in total. The van der Waals surface area contributed by atoms with Crippen molar-refractivity contribution in [1.82, 2.24) is 10.2 Å². The van der Waals surface area contributed by atoms with Crippen LogP contribution in [0.2, 0.25) is 0 Å². The van der Waals surface area contributed by atoms with Gasteiger partial charge < -0.3 is 10.5 Å². The third-order valence-corrected chi connectivity index (χ3v) is 3.08. The van der Waals surface area contributed by atoms with Gasteiger partial charge in [0.15, 0.2) is 0 Å². The Morgan fingerprint density at radius 3 is 2.76 bits per heavy atom. The van der Waals surface area contributed by atoms with E-state index in [9.17, 15) is 0 Å². The van der Waals surface area contributed by atoms with Gasteiger partial charge in [-0.1, -0.05) is 34.1 Å². The van der Waals surface area contributed by atoms with E-state index in [4.69, 9.17) is 10.5 Å². The lowest BCUT2D eigenvalue weighted by Crippen LogP contribution is -2.05. The molecule has 2 aromatic rings. The first-order chi connectivity index (χ1) is 8.31. The first kappa shape index (κ1) is 12.0. The molecule has 17 heavy (non-hydrogen) atoms. The molecule has 1 heterocycles. The van der Waals surface area contributed by atoms with E-state index in [-0.39, 0.29) is 0 Å². The van der Waals surface area contributed by atoms with E-state index < -0.39 is 0 Å². The Hall–Kier alpha value is -1.46. The van der Waals surface area contributed by atoms with Crippen molar-refractivity contribution >= 4 is 15.9 Å². The molecular weight excluding hydrogens is 282 g/mol. The zero-order valence-corrected chi connectivity index (χ0v) is 10.7. The van der Waals surface area contributed by atoms with Gasteiger partial charge >= 0.3 is 0 Å². The summed E-state index contributed by atoms with van der Waals surface area (Å²) in [5, 5.41) is 7.71. The summed E-state index contributed by atoms with van der Waals surface area (Å²) < 4.78 is 6.62. The molecule has 0 bridgehead atoms. The van der Waals surface area contributed by atoms with Crippen molar-refractivity contribution in [2.24, 2.45) is 5.73 Å². The number of halogens is 1. The number of nitrogens with two attached hydrogens (primary N) is 1. The zero-order chi connectivity index (χ0) is 12.1. The molecule has 0 saturated carbocycles. The predicted molar refractivity (Wildman–Crippen MR) is 68.4 cm³/mol. The molecule has 0 atom stereocenters. The highest BCUT2D eigenvalue weighted by molar-refractivity contribution is 9.10. The van der Waals surface area contributed by atoms with Crippen molar-refractivity contribution in [2.45, 2.75) is 13.2 Å². The smallest absolute Gasteiger partial charge is 0.238 e. The molecule has 0 amide bonds. The van der Waals surface area contributed by atoms with Crippen LogP contribution < -0.4 is 10.5 Å². The summed E-state index contributed by atoms with van der Waals surface area (Å²) in [6, 6.07) is 9.69. The van der Waals surface area contributed by atoms with Crippen LogP contribution in [0.25, 0.3) is 0 Å². The Labute approximate surface area is 108 Å². The minimum Gasteiger partial charge on any atom is -0.471 e. The predicted octanol–water partition coefficient (Wildman–Crippen LogP) is 2.28. The van der Waals surface area contributed by atoms with Crippen LogP contribution in [-0.4, -0.2) is 10.2 Å². The molecule has 5 heteroatoms. The third-order valence-electron chi connectivity index (χ3n) is 2.31. The molecule has 0 fully saturated rings. The van der Waals surface area contributed by atoms with Gasteiger partial charge in [0, 0.05) is 22.1 Å². The quantitative estimate of drug-likeness (QED) is 0.939. The third kappa shape index (κ3) is 3.01. The zero-order valence-electron chi connectivity index (χ0n) is 9.14. The topological polar surface area (TPSA) is 61.0 Å². The highest BCUT2D eigenvalue weighted by Crippen LogP contribution is 2.19. The van der Waals surface area contributed by atoms with Crippen molar-refractivity contribution < 1.29 is 4.74 Å². The molecule has 0 aliphatic heterocycles. The van der Waals surface area contributed by atoms with E-state index in [0.717, 1.165) is 15.6 Å². The molecule has 0 aliphatic rings. The van der Waals surface area contributed by atoms with Gasteiger partial charge in [0.1, 0.15) is 6.61 Å². The Morgan fingerprint density at radius 2 is 2.00 bits per heavy atom. The normalized spacial score (nSPS) is 10.2. The summed E-state index contributed by atoms with van der Waals surface area (Å²) in [5.41, 5.74) is 7.50. The molecule has 0 radical (unpaired) electrons. The van der Waals surface area contributed by atoms with E-state index in [1.807, 2.05) is 30.3 Å². The van der Waals surface area contributed by atoms with Crippen LogP contribution in [0.4, 0.5) is 0 Å². The average Bonchev–Trinajstić information content (AvgIpc) is 2.38. The molecule has 0 unspecified atom stereocenters. The maximum Gasteiger partial charge on any atom is 0.238 e. The Morgan fingerprint density at radius 1 is 1.18 bits per heavy atom. The number of ether oxygens (including phenoxy) is 1. The lowest BCUT2D eigenvalue weighted by molar-refractivity contribution is 0.286. The maximum atomic E-state index is 5.61. The van der Waals surface area contributed by atoms with Crippen molar-refractivity contribution in [2.75, 3.05) is 0 Å². The van der Waals surface area contributed by atoms with Crippen LogP contribution in [0.1, 0.15) is 11.1 Å². The monoisotopic (exact) mass is 293 g/mol. The minimum atomic E-state index is 0.390. The van der Waals surface area contributed by atoms with Gasteiger partial charge in [-0.3, -0.25) is 0 Å². The summed E-state index contributed by atoms with van der Waals surface area (Å²) in [6.07, 6.45) is 1.60. The fourth-order valence-electron chi connectivity index (χ4n) is 1.38. The van der Waals surface area contributed by atoms with Crippen LogP contribution >= 0.6 is 15.9 Å². The molecule has 4 nitrogen and oxygen atoms in total. The molecule has 1 aromatic carbocycles. The number of nitrogens with zero attached hydrogens (tertiary/aromatic N) is 2. The van der Waals surface area contributed by atoms with Gasteiger partial charge in [0.2, 0.25) is 5.88 Å². The van der Waals surface area contributed by atoms with Crippen molar-refractivity contribution in [3.05, 3.63) is 52.1 Å². The lowest BCUT2D eigenvalue weighted by Gasteiger charge is -2.09. The van der Waals surface area contributed by atoms with E-state index >= 15 is 0 Å². The fourth-order valence-corrected chi connectivity index (χ4v) is 1.78. The van der Waals surface area contributed by atoms with Crippen LogP contribution in [0, 0.1) is 0 Å². The van der Waals surface area contributed by atoms with Crippen LogP contribution in [-0.2, 0) is 13.2 Å². The van der Waals surface area contributed by atoms with Gasteiger partial charge in [0.25, 0.3) is 0 Å². The summed E-state index contributed by atoms with van der Waals surface area (Å²) in [4.78, 5) is 0. The second kappa shape index (κ2) is 5.75. The molecule has 0 spiro atoms. The second-order valence-corrected chi connectivity index (χ2v) is 4.30. The van der Waals surface area contributed by atoms with E-state index in [1.54, 1.807) is 6.20 Å². The summed E-state index contributed by atoms with van der Waals surface area (Å²) in [6.45, 7) is 0.827. The van der Waals surface area contributed by atoms with Gasteiger partial charge in [-0.2, -0.15) is 5.10 Å². The average molecular weight is 294 g/mol. The highest BCUT2D eigenvalue weighted by Gasteiger charge is 2.05. The van der Waals surface area contributed by atoms with Gasteiger partial charge in [0.05, 0.1) is 6.20 Å². The number of hydrogen-bond acceptors (Lipinski definition) is 4. The Balaban J connectivity index is 2.10. The largest absolute Gasteiger partial charge is 0.471 e. The molecule has 0 aliphatic carbocycles. The van der Waals surface area contributed by atoms with Crippen LogP contribution in [0.15, 0.2) is 41.0 Å². The van der Waals surface area contributed by atoms with Gasteiger partial charge in [-0.15, -0.1) is 5.10 Å². The van der Waals surface area contributed by atoms with Crippen LogP contribution in [0.3, 0.4) is 0 Å². The molecular formula is C12H12BrN3O. The molecule has 88 valence electrons. The number of hydrogen-bond donors (Lipinski definition) is 1. The van der Waals surface area contributed by atoms with Gasteiger partial charge in [-0.25, -0.2) is 0 Å². The number of rotatable bonds is 4. The van der Waals surface area contributed by atoms with Crippen LogP contribution in [0.5, 0.6) is 5.88 Å². The minimum absolute atomic E-state index is 0.390. The maximum absolute atomic E-state index is 5.61. The first-order valence-electron chi connectivity index (χ1n) is 5.18. The lowest BCUT2D eigenvalue weighted by atomic mass is 10.2. The van der Waals surface area contributed by atoms with E-state index in [0.29, 0.717) is 19.0 Å². The van der Waals surface area contributed by atoms with Crippen molar-refractivity contribution in [1.29, 1.82) is 0 Å². The molecule has 1 aromatic heterocycles. The highest BCUT2D eigenvalue weighted by atomic mass is 79.9. The molecule has 0 saturated heterocycles. The number of benzene rings is 1. The second-order valence-electron chi connectivity index (χ2n) is 3.45. The van der Waals surface area contributed by atoms with Crippen molar-refractivity contribution in [3.63, 3.8) is 0 Å². The number of aromatic nitrogens is 2. The summed E-state index contributed by atoms with van der Waals surface area (Å²) >= 11 is 3.46. The van der Waals surface area contributed by atoms with Crippen molar-refractivity contribution in [3.8, 4) is 5.88 Å². The van der Waals surface area contributed by atoms with E-state index in [2.05, 4.69) is 26.1 Å². The summed E-state index contributed by atoms with van der Waals surface area (Å²) in [7, 11) is 0. The standard InChI is InChI=1S/C12H12BrN3O/c13-11-4-2-1-3-10(11)8-17-12-9(7-14)5-6-15-16-12/h1-6H,7-8,14H2. The Kier molecular flexibility index (Phi) is 4.06. The Bertz CT molecular complexity index is 505. The van der Waals surface area contributed by atoms with Gasteiger partial charge in [-0.05, 0) is 12.1 Å². The molecule has 2 rings (SSSR count). The summed E-state index contributed by atoms with van der Waals surface area (Å²) in [5.74, 6) is 0.491. The van der Waals surface area contributed by atoms with E-state index in [1.165, 1.54) is 0 Å².